The van der Waals surface area contributed by atoms with Crippen LogP contribution in [0.3, 0.4) is 0 Å². The van der Waals surface area contributed by atoms with Crippen molar-refractivity contribution in [3.05, 3.63) is 48.0 Å². The Morgan fingerprint density at radius 2 is 2.00 bits per heavy atom. The van der Waals surface area contributed by atoms with Gasteiger partial charge >= 0.3 is 6.03 Å². The van der Waals surface area contributed by atoms with Gasteiger partial charge in [0.2, 0.25) is 0 Å². The SMILES string of the molecule is CNc1nccnc1N1C[C@@H]2CN(C(=O)N(C)C)[C@H](c3cccc(F)c3)[C@@H]2C1. The number of hydrogen-bond acceptors (Lipinski definition) is 5. The normalized spacial score (nSPS) is 23.6. The molecule has 148 valence electrons. The number of anilines is 2. The van der Waals surface area contributed by atoms with Gasteiger partial charge in [-0.15, -0.1) is 0 Å². The fourth-order valence-electron chi connectivity index (χ4n) is 4.53. The summed E-state index contributed by atoms with van der Waals surface area (Å²) >= 11 is 0. The maximum absolute atomic E-state index is 13.9. The van der Waals surface area contributed by atoms with Crippen molar-refractivity contribution in [1.29, 1.82) is 0 Å². The number of nitrogens with zero attached hydrogens (tertiary/aromatic N) is 5. The minimum absolute atomic E-state index is 0.0365. The van der Waals surface area contributed by atoms with Gasteiger partial charge in [0.25, 0.3) is 0 Å². The molecule has 1 aromatic carbocycles. The number of aromatic nitrogens is 2. The summed E-state index contributed by atoms with van der Waals surface area (Å²) in [5, 5.41) is 3.09. The topological polar surface area (TPSA) is 64.6 Å². The number of carbonyl (C=O) groups is 1. The van der Waals surface area contributed by atoms with E-state index in [0.29, 0.717) is 12.5 Å². The molecule has 1 N–H and O–H groups in total. The molecule has 0 spiro atoms. The quantitative estimate of drug-likeness (QED) is 0.881. The number of urea groups is 1. The summed E-state index contributed by atoms with van der Waals surface area (Å²) in [4.78, 5) is 27.4. The third-order valence-electron chi connectivity index (χ3n) is 5.70. The van der Waals surface area contributed by atoms with E-state index in [1.54, 1.807) is 43.5 Å². The summed E-state index contributed by atoms with van der Waals surface area (Å²) in [5.41, 5.74) is 0.845. The lowest BCUT2D eigenvalue weighted by Gasteiger charge is -2.32. The minimum atomic E-state index is -0.278. The maximum atomic E-state index is 13.9. The van der Waals surface area contributed by atoms with E-state index in [1.807, 2.05) is 18.0 Å². The number of carbonyl (C=O) groups excluding carboxylic acids is 1. The van der Waals surface area contributed by atoms with Crippen molar-refractivity contribution in [2.45, 2.75) is 6.04 Å². The Labute approximate surface area is 164 Å². The molecule has 2 aliphatic rings. The number of rotatable bonds is 3. The lowest BCUT2D eigenvalue weighted by atomic mass is 9.89. The van der Waals surface area contributed by atoms with Crippen molar-refractivity contribution in [2.24, 2.45) is 11.8 Å². The summed E-state index contributed by atoms with van der Waals surface area (Å²) in [5.74, 6) is 1.79. The second-order valence-corrected chi connectivity index (χ2v) is 7.64. The van der Waals surface area contributed by atoms with Crippen LogP contribution in [0.1, 0.15) is 11.6 Å². The fourth-order valence-corrected chi connectivity index (χ4v) is 4.53. The predicted octanol–water partition coefficient (Wildman–Crippen LogP) is 2.45. The Morgan fingerprint density at radius 1 is 1.21 bits per heavy atom. The molecule has 0 bridgehead atoms. The van der Waals surface area contributed by atoms with Gasteiger partial charge in [-0.2, -0.15) is 0 Å². The van der Waals surface area contributed by atoms with E-state index < -0.39 is 0 Å². The lowest BCUT2D eigenvalue weighted by molar-refractivity contribution is 0.159. The van der Waals surface area contributed by atoms with Crippen LogP contribution in [0, 0.1) is 17.7 Å². The van der Waals surface area contributed by atoms with Crippen LogP contribution in [-0.2, 0) is 0 Å². The highest BCUT2D eigenvalue weighted by atomic mass is 19.1. The van der Waals surface area contributed by atoms with E-state index in [0.717, 1.165) is 30.3 Å². The Bertz CT molecular complexity index is 875. The van der Waals surface area contributed by atoms with Gasteiger partial charge in [-0.1, -0.05) is 12.1 Å². The lowest BCUT2D eigenvalue weighted by Crippen LogP contribution is -2.41. The Hall–Kier alpha value is -2.90. The van der Waals surface area contributed by atoms with Gasteiger partial charge in [-0.25, -0.2) is 19.2 Å². The van der Waals surface area contributed by atoms with E-state index in [9.17, 15) is 9.18 Å². The summed E-state index contributed by atoms with van der Waals surface area (Å²) < 4.78 is 13.9. The zero-order valence-electron chi connectivity index (χ0n) is 16.3. The van der Waals surface area contributed by atoms with E-state index in [-0.39, 0.29) is 23.8 Å². The molecule has 0 unspecified atom stereocenters. The van der Waals surface area contributed by atoms with Crippen LogP contribution < -0.4 is 10.2 Å². The third-order valence-corrected chi connectivity index (χ3v) is 5.70. The molecule has 2 amide bonds. The first-order chi connectivity index (χ1) is 13.5. The fraction of sp³-hybridized carbons (Fsp3) is 0.450. The van der Waals surface area contributed by atoms with Gasteiger partial charge in [0.1, 0.15) is 5.82 Å². The molecule has 0 saturated carbocycles. The molecule has 3 atom stereocenters. The highest BCUT2D eigenvalue weighted by Crippen LogP contribution is 2.46. The zero-order chi connectivity index (χ0) is 19.8. The van der Waals surface area contributed by atoms with Crippen molar-refractivity contribution < 1.29 is 9.18 Å². The van der Waals surface area contributed by atoms with Crippen LogP contribution in [0.4, 0.5) is 20.8 Å². The molecule has 2 saturated heterocycles. The summed E-state index contributed by atoms with van der Waals surface area (Å²) in [6.45, 7) is 2.19. The van der Waals surface area contributed by atoms with E-state index in [4.69, 9.17) is 0 Å². The van der Waals surface area contributed by atoms with Gasteiger partial charge in [0.15, 0.2) is 11.6 Å². The highest BCUT2D eigenvalue weighted by Gasteiger charge is 2.50. The number of nitrogens with one attached hydrogen (secondary N) is 1. The number of hydrogen-bond donors (Lipinski definition) is 1. The van der Waals surface area contributed by atoms with Gasteiger partial charge < -0.3 is 20.0 Å². The molecular formula is C20H25FN6O. The van der Waals surface area contributed by atoms with Crippen LogP contribution in [0.5, 0.6) is 0 Å². The standard InChI is InChI=1S/C20H25FN6O/c1-22-18-19(24-8-7-23-18)26-10-14-11-27(20(28)25(2)3)17(16(14)12-26)13-5-4-6-15(21)9-13/h4-9,14,16-17H,10-12H2,1-3H3,(H,22,23)/t14-,16-,17-/m1/s1. The number of fused-ring (bicyclic) bond motifs is 1. The molecule has 3 heterocycles. The first-order valence-corrected chi connectivity index (χ1v) is 9.46. The van der Waals surface area contributed by atoms with E-state index >= 15 is 0 Å². The number of benzene rings is 1. The molecule has 0 radical (unpaired) electrons. The van der Waals surface area contributed by atoms with Crippen LogP contribution in [0.25, 0.3) is 0 Å². The van der Waals surface area contributed by atoms with Gasteiger partial charge in [0.05, 0.1) is 6.04 Å². The Balaban J connectivity index is 1.66. The molecule has 28 heavy (non-hydrogen) atoms. The van der Waals surface area contributed by atoms with Crippen LogP contribution >= 0.6 is 0 Å². The largest absolute Gasteiger partial charge is 0.370 e. The molecule has 2 aromatic rings. The number of likely N-dealkylation sites (tertiary alicyclic amines) is 1. The first-order valence-electron chi connectivity index (χ1n) is 9.46. The molecule has 2 aliphatic heterocycles. The van der Waals surface area contributed by atoms with Crippen molar-refractivity contribution >= 4 is 17.7 Å². The van der Waals surface area contributed by atoms with E-state index in [1.165, 1.54) is 6.07 Å². The molecule has 7 nitrogen and oxygen atoms in total. The molecule has 1 aromatic heterocycles. The average molecular weight is 384 g/mol. The smallest absolute Gasteiger partial charge is 0.320 e. The van der Waals surface area contributed by atoms with E-state index in [2.05, 4.69) is 20.2 Å². The summed E-state index contributed by atoms with van der Waals surface area (Å²) in [6, 6.07) is 6.42. The van der Waals surface area contributed by atoms with Gasteiger partial charge in [0, 0.05) is 65.0 Å². The number of amides is 2. The Kier molecular flexibility index (Phi) is 4.78. The maximum Gasteiger partial charge on any atom is 0.320 e. The summed E-state index contributed by atoms with van der Waals surface area (Å²) in [6.07, 6.45) is 3.36. The van der Waals surface area contributed by atoms with Crippen molar-refractivity contribution in [1.82, 2.24) is 19.8 Å². The molecular weight excluding hydrogens is 359 g/mol. The second-order valence-electron chi connectivity index (χ2n) is 7.64. The van der Waals surface area contributed by atoms with Crippen molar-refractivity contribution in [3.63, 3.8) is 0 Å². The van der Waals surface area contributed by atoms with Crippen LogP contribution in [0.15, 0.2) is 36.7 Å². The van der Waals surface area contributed by atoms with Crippen LogP contribution in [-0.4, -0.2) is 66.6 Å². The van der Waals surface area contributed by atoms with Gasteiger partial charge in [-0.3, -0.25) is 0 Å². The highest BCUT2D eigenvalue weighted by molar-refractivity contribution is 5.75. The summed E-state index contributed by atoms with van der Waals surface area (Å²) in [7, 11) is 5.34. The monoisotopic (exact) mass is 384 g/mol. The zero-order valence-corrected chi connectivity index (χ0v) is 16.3. The molecule has 0 aliphatic carbocycles. The average Bonchev–Trinajstić information content (AvgIpc) is 3.25. The first kappa shape index (κ1) is 18.5. The van der Waals surface area contributed by atoms with Gasteiger partial charge in [-0.05, 0) is 17.7 Å². The predicted molar refractivity (Wildman–Crippen MR) is 106 cm³/mol. The van der Waals surface area contributed by atoms with Crippen LogP contribution in [0.2, 0.25) is 0 Å². The second kappa shape index (κ2) is 7.26. The number of halogens is 1. The van der Waals surface area contributed by atoms with Crippen molar-refractivity contribution in [3.8, 4) is 0 Å². The molecule has 4 rings (SSSR count). The molecule has 8 heteroatoms. The Morgan fingerprint density at radius 3 is 2.71 bits per heavy atom. The third kappa shape index (κ3) is 3.12. The van der Waals surface area contributed by atoms with Crippen molar-refractivity contribution in [2.75, 3.05) is 51.0 Å². The minimum Gasteiger partial charge on any atom is -0.370 e. The molecule has 2 fully saturated rings.